The first-order valence-corrected chi connectivity index (χ1v) is 8.95. The van der Waals surface area contributed by atoms with E-state index < -0.39 is 0 Å². The van der Waals surface area contributed by atoms with E-state index in [1.54, 1.807) is 19.2 Å². The Morgan fingerprint density at radius 2 is 2.16 bits per heavy atom. The predicted octanol–water partition coefficient (Wildman–Crippen LogP) is 3.52. The number of carbonyl (C=O) groups excluding carboxylic acids is 1. The van der Waals surface area contributed by atoms with Crippen molar-refractivity contribution in [3.63, 3.8) is 0 Å². The molecule has 1 aliphatic rings. The molecular formula is C18H24ClN5O. The lowest BCUT2D eigenvalue weighted by atomic mass is 10.0. The minimum atomic E-state index is -0.0347. The summed E-state index contributed by atoms with van der Waals surface area (Å²) in [6.45, 7) is 7.46. The van der Waals surface area contributed by atoms with Crippen molar-refractivity contribution in [2.24, 2.45) is 5.92 Å². The summed E-state index contributed by atoms with van der Waals surface area (Å²) in [4.78, 5) is 15.0. The molecule has 0 saturated carbocycles. The van der Waals surface area contributed by atoms with Crippen molar-refractivity contribution in [2.45, 2.75) is 39.8 Å². The van der Waals surface area contributed by atoms with Gasteiger partial charge in [0, 0.05) is 24.3 Å². The van der Waals surface area contributed by atoms with Crippen LogP contribution in [-0.2, 0) is 6.54 Å². The number of carbonyl (C=O) groups is 1. The molecule has 0 fully saturated rings. The number of aromatic nitrogens is 3. The van der Waals surface area contributed by atoms with Gasteiger partial charge in [-0.25, -0.2) is 0 Å². The van der Waals surface area contributed by atoms with Crippen LogP contribution in [0.2, 0.25) is 5.02 Å². The van der Waals surface area contributed by atoms with E-state index >= 15 is 0 Å². The molecule has 1 N–H and O–H groups in total. The maximum Gasteiger partial charge on any atom is 0.256 e. The lowest BCUT2D eigenvalue weighted by Gasteiger charge is -2.35. The fraction of sp³-hybridized carbons (Fsp3) is 0.500. The van der Waals surface area contributed by atoms with Crippen LogP contribution in [0.25, 0.3) is 0 Å². The summed E-state index contributed by atoms with van der Waals surface area (Å²) in [6, 6.07) is 5.53. The quantitative estimate of drug-likeness (QED) is 0.904. The molecule has 1 atom stereocenters. The largest absolute Gasteiger partial charge is 0.387 e. The Hall–Kier alpha value is -2.08. The van der Waals surface area contributed by atoms with Crippen molar-refractivity contribution < 1.29 is 4.79 Å². The normalized spacial score (nSPS) is 16.9. The van der Waals surface area contributed by atoms with E-state index in [4.69, 9.17) is 11.6 Å². The second-order valence-corrected chi connectivity index (χ2v) is 7.38. The van der Waals surface area contributed by atoms with Gasteiger partial charge in [0.05, 0.1) is 18.2 Å². The minimum Gasteiger partial charge on any atom is -0.387 e. The van der Waals surface area contributed by atoms with E-state index in [1.807, 2.05) is 17.9 Å². The first-order chi connectivity index (χ1) is 11.9. The van der Waals surface area contributed by atoms with E-state index in [1.165, 1.54) is 0 Å². The number of aryl methyl sites for hydroxylation is 1. The number of rotatable bonds is 4. The van der Waals surface area contributed by atoms with Gasteiger partial charge in [-0.1, -0.05) is 25.4 Å². The van der Waals surface area contributed by atoms with Crippen LogP contribution in [0.15, 0.2) is 18.2 Å². The molecule has 0 saturated heterocycles. The maximum absolute atomic E-state index is 13.1. The average molecular weight is 362 g/mol. The number of hydrogen-bond donors (Lipinski definition) is 1. The number of benzene rings is 1. The highest BCUT2D eigenvalue weighted by atomic mass is 35.5. The van der Waals surface area contributed by atoms with Crippen LogP contribution in [0, 0.1) is 12.8 Å². The monoisotopic (exact) mass is 361 g/mol. The second kappa shape index (κ2) is 7.04. The van der Waals surface area contributed by atoms with Gasteiger partial charge in [-0.05, 0) is 37.5 Å². The van der Waals surface area contributed by atoms with Gasteiger partial charge >= 0.3 is 0 Å². The molecule has 1 aliphatic heterocycles. The zero-order valence-corrected chi connectivity index (χ0v) is 15.8. The van der Waals surface area contributed by atoms with Crippen molar-refractivity contribution in [1.29, 1.82) is 0 Å². The lowest BCUT2D eigenvalue weighted by Crippen LogP contribution is -2.42. The molecule has 7 heteroatoms. The fourth-order valence-corrected chi connectivity index (χ4v) is 3.70. The van der Waals surface area contributed by atoms with Gasteiger partial charge in [0.25, 0.3) is 5.91 Å². The van der Waals surface area contributed by atoms with Crippen molar-refractivity contribution in [3.8, 4) is 0 Å². The van der Waals surface area contributed by atoms with Gasteiger partial charge in [-0.3, -0.25) is 4.79 Å². The molecule has 6 nitrogen and oxygen atoms in total. The SMILES string of the molecule is CNc1ccc(Cl)cc1C(=O)N1Cc2nnc(C)n2[C@@H](CC(C)C)C1. The predicted molar refractivity (Wildman–Crippen MR) is 99.0 cm³/mol. The van der Waals surface area contributed by atoms with Crippen LogP contribution in [0.3, 0.4) is 0 Å². The molecule has 25 heavy (non-hydrogen) atoms. The van der Waals surface area contributed by atoms with Crippen LogP contribution in [0.1, 0.15) is 48.3 Å². The lowest BCUT2D eigenvalue weighted by molar-refractivity contribution is 0.0661. The molecule has 0 unspecified atom stereocenters. The third kappa shape index (κ3) is 3.49. The standard InChI is InChI=1S/C18H24ClN5O/c1-11(2)7-14-9-23(10-17-22-21-12(3)24(14)17)18(25)15-8-13(19)5-6-16(15)20-4/h5-6,8,11,14,20H,7,9-10H2,1-4H3/t14-/m0/s1. The molecule has 0 bridgehead atoms. The van der Waals surface area contributed by atoms with Crippen molar-refractivity contribution in [1.82, 2.24) is 19.7 Å². The summed E-state index contributed by atoms with van der Waals surface area (Å²) >= 11 is 6.11. The number of hydrogen-bond acceptors (Lipinski definition) is 4. The average Bonchev–Trinajstić information content (AvgIpc) is 2.95. The molecule has 0 spiro atoms. The van der Waals surface area contributed by atoms with E-state index in [-0.39, 0.29) is 11.9 Å². The first-order valence-electron chi connectivity index (χ1n) is 8.57. The van der Waals surface area contributed by atoms with Gasteiger partial charge in [-0.15, -0.1) is 10.2 Å². The summed E-state index contributed by atoms with van der Waals surface area (Å²) < 4.78 is 2.18. The topological polar surface area (TPSA) is 63.1 Å². The molecule has 2 heterocycles. The number of nitrogens with zero attached hydrogens (tertiary/aromatic N) is 4. The summed E-state index contributed by atoms with van der Waals surface area (Å²) in [6.07, 6.45) is 0.976. The Kier molecular flexibility index (Phi) is 4.99. The Morgan fingerprint density at radius 3 is 2.84 bits per heavy atom. The zero-order valence-electron chi connectivity index (χ0n) is 15.1. The fourth-order valence-electron chi connectivity index (χ4n) is 3.53. The van der Waals surface area contributed by atoms with E-state index in [9.17, 15) is 4.79 Å². The highest BCUT2D eigenvalue weighted by molar-refractivity contribution is 6.31. The Morgan fingerprint density at radius 1 is 1.40 bits per heavy atom. The van der Waals surface area contributed by atoms with Gasteiger partial charge < -0.3 is 14.8 Å². The van der Waals surface area contributed by atoms with Crippen molar-refractivity contribution in [3.05, 3.63) is 40.4 Å². The van der Waals surface area contributed by atoms with Gasteiger partial charge in [0.2, 0.25) is 0 Å². The summed E-state index contributed by atoms with van der Waals surface area (Å²) in [7, 11) is 1.80. The molecule has 0 radical (unpaired) electrons. The number of amides is 1. The van der Waals surface area contributed by atoms with E-state index in [0.717, 1.165) is 23.8 Å². The molecular weight excluding hydrogens is 338 g/mol. The highest BCUT2D eigenvalue weighted by Crippen LogP contribution is 2.30. The number of fused-ring (bicyclic) bond motifs is 1. The number of anilines is 1. The summed E-state index contributed by atoms with van der Waals surface area (Å²) in [5.41, 5.74) is 1.36. The molecule has 1 aromatic heterocycles. The summed E-state index contributed by atoms with van der Waals surface area (Å²) in [5.74, 6) is 2.24. The van der Waals surface area contributed by atoms with Crippen LogP contribution in [-0.4, -0.2) is 39.2 Å². The van der Waals surface area contributed by atoms with Crippen molar-refractivity contribution >= 4 is 23.2 Å². The zero-order chi connectivity index (χ0) is 18.1. The number of nitrogens with one attached hydrogen (secondary N) is 1. The minimum absolute atomic E-state index is 0.0347. The smallest absolute Gasteiger partial charge is 0.256 e. The second-order valence-electron chi connectivity index (χ2n) is 6.94. The highest BCUT2D eigenvalue weighted by Gasteiger charge is 2.32. The van der Waals surface area contributed by atoms with E-state index in [0.29, 0.717) is 29.6 Å². The molecule has 3 rings (SSSR count). The first kappa shape index (κ1) is 17.7. The molecule has 2 aromatic rings. The van der Waals surface area contributed by atoms with E-state index in [2.05, 4.69) is 33.9 Å². The third-order valence-electron chi connectivity index (χ3n) is 4.58. The molecule has 1 aromatic carbocycles. The molecule has 134 valence electrons. The Bertz CT molecular complexity index is 786. The van der Waals surface area contributed by atoms with Crippen molar-refractivity contribution in [2.75, 3.05) is 18.9 Å². The van der Waals surface area contributed by atoms with Crippen LogP contribution in [0.4, 0.5) is 5.69 Å². The van der Waals surface area contributed by atoms with Gasteiger partial charge in [0.1, 0.15) is 5.82 Å². The van der Waals surface area contributed by atoms with Gasteiger partial charge in [-0.2, -0.15) is 0 Å². The maximum atomic E-state index is 13.1. The molecule has 0 aliphatic carbocycles. The molecule has 1 amide bonds. The summed E-state index contributed by atoms with van der Waals surface area (Å²) in [5, 5.41) is 12.1. The Balaban J connectivity index is 1.93. The number of halogens is 1. The van der Waals surface area contributed by atoms with Crippen LogP contribution < -0.4 is 5.32 Å². The van der Waals surface area contributed by atoms with Crippen LogP contribution in [0.5, 0.6) is 0 Å². The van der Waals surface area contributed by atoms with Gasteiger partial charge in [0.15, 0.2) is 5.82 Å². The third-order valence-corrected chi connectivity index (χ3v) is 4.81. The van der Waals surface area contributed by atoms with Crippen LogP contribution >= 0.6 is 11.6 Å². The Labute approximate surface area is 153 Å².